The Bertz CT molecular complexity index is 1190. The van der Waals surface area contributed by atoms with E-state index in [1.54, 1.807) is 4.68 Å². The molecule has 0 saturated heterocycles. The van der Waals surface area contributed by atoms with Crippen molar-refractivity contribution in [2.75, 3.05) is 24.3 Å². The van der Waals surface area contributed by atoms with Crippen molar-refractivity contribution in [3.63, 3.8) is 0 Å². The molecule has 6 nitrogen and oxygen atoms in total. The summed E-state index contributed by atoms with van der Waals surface area (Å²) in [5, 5.41) is 8.33. The maximum atomic E-state index is 13.4. The summed E-state index contributed by atoms with van der Waals surface area (Å²) in [4.78, 5) is 20.1. The minimum Gasteiger partial charge on any atom is -0.376 e. The van der Waals surface area contributed by atoms with Gasteiger partial charge in [0.2, 0.25) is 0 Å². The molecule has 1 amide bonds. The number of benzene rings is 2. The average Bonchev–Trinajstić information content (AvgIpc) is 3.02. The van der Waals surface area contributed by atoms with Gasteiger partial charge in [0.1, 0.15) is 0 Å². The lowest BCUT2D eigenvalue weighted by molar-refractivity contribution is 0.102. The van der Waals surface area contributed by atoms with Crippen LogP contribution in [0.1, 0.15) is 16.1 Å². The zero-order valence-corrected chi connectivity index (χ0v) is 17.0. The highest BCUT2D eigenvalue weighted by Gasteiger charge is 2.20. The van der Waals surface area contributed by atoms with Gasteiger partial charge in [-0.2, -0.15) is 5.10 Å². The van der Waals surface area contributed by atoms with E-state index in [0.29, 0.717) is 11.2 Å². The average molecular weight is 385 g/mol. The number of hydrogen-bond donors (Lipinski definition) is 1. The smallest absolute Gasteiger partial charge is 0.256 e. The highest BCUT2D eigenvalue weighted by Crippen LogP contribution is 2.29. The molecule has 0 bridgehead atoms. The summed E-state index contributed by atoms with van der Waals surface area (Å²) in [6.07, 6.45) is 0. The van der Waals surface area contributed by atoms with Gasteiger partial charge in [-0.15, -0.1) is 0 Å². The van der Waals surface area contributed by atoms with E-state index in [2.05, 4.69) is 10.4 Å². The molecule has 146 valence electrons. The number of aromatic nitrogens is 3. The zero-order valence-electron chi connectivity index (χ0n) is 17.0. The summed E-state index contributed by atoms with van der Waals surface area (Å²) >= 11 is 0. The van der Waals surface area contributed by atoms with Crippen molar-refractivity contribution >= 4 is 28.3 Å². The van der Waals surface area contributed by atoms with Crippen molar-refractivity contribution < 1.29 is 4.79 Å². The number of hydrogen-bond acceptors (Lipinski definition) is 4. The molecule has 0 unspecified atom stereocenters. The molecule has 4 rings (SSSR count). The van der Waals surface area contributed by atoms with Gasteiger partial charge in [-0.3, -0.25) is 9.48 Å². The number of para-hydroxylation sites is 2. The Balaban J connectivity index is 1.85. The van der Waals surface area contributed by atoms with E-state index >= 15 is 0 Å². The first-order valence-corrected chi connectivity index (χ1v) is 9.43. The highest BCUT2D eigenvalue weighted by molar-refractivity contribution is 6.14. The molecule has 29 heavy (non-hydrogen) atoms. The fourth-order valence-electron chi connectivity index (χ4n) is 3.54. The summed E-state index contributed by atoms with van der Waals surface area (Å²) in [7, 11) is 5.75. The number of nitrogens with zero attached hydrogens (tertiary/aromatic N) is 4. The minimum absolute atomic E-state index is 0.181. The number of fused-ring (bicyclic) bond motifs is 1. The van der Waals surface area contributed by atoms with Crippen LogP contribution in [0.3, 0.4) is 0 Å². The Morgan fingerprint density at radius 1 is 1.03 bits per heavy atom. The third kappa shape index (κ3) is 3.45. The second-order valence-electron chi connectivity index (χ2n) is 7.19. The van der Waals surface area contributed by atoms with Crippen molar-refractivity contribution in [2.45, 2.75) is 6.92 Å². The monoisotopic (exact) mass is 385 g/mol. The quantitative estimate of drug-likeness (QED) is 0.570. The summed E-state index contributed by atoms with van der Waals surface area (Å²) in [5.41, 5.74) is 5.43. The number of nitrogens with one attached hydrogen (secondary N) is 1. The van der Waals surface area contributed by atoms with Gasteiger partial charge in [-0.05, 0) is 25.1 Å². The van der Waals surface area contributed by atoms with E-state index < -0.39 is 0 Å². The fourth-order valence-corrected chi connectivity index (χ4v) is 3.54. The molecule has 0 saturated carbocycles. The van der Waals surface area contributed by atoms with Crippen LogP contribution in [-0.2, 0) is 7.05 Å². The predicted octanol–water partition coefficient (Wildman–Crippen LogP) is 4.26. The third-order valence-corrected chi connectivity index (χ3v) is 4.92. The van der Waals surface area contributed by atoms with Gasteiger partial charge in [0, 0.05) is 26.7 Å². The highest BCUT2D eigenvalue weighted by atomic mass is 16.1. The Labute approximate surface area is 169 Å². The lowest BCUT2D eigenvalue weighted by Crippen LogP contribution is -2.17. The molecule has 0 aliphatic heterocycles. The van der Waals surface area contributed by atoms with E-state index in [1.807, 2.05) is 93.6 Å². The van der Waals surface area contributed by atoms with Crippen LogP contribution in [0.25, 0.3) is 22.3 Å². The molecule has 2 aromatic carbocycles. The van der Waals surface area contributed by atoms with Crippen molar-refractivity contribution in [2.24, 2.45) is 7.05 Å². The number of anilines is 2. The van der Waals surface area contributed by atoms with Crippen LogP contribution in [0, 0.1) is 6.92 Å². The van der Waals surface area contributed by atoms with Gasteiger partial charge in [0.05, 0.1) is 33.7 Å². The molecule has 6 heteroatoms. The van der Waals surface area contributed by atoms with Crippen LogP contribution in [0.2, 0.25) is 0 Å². The maximum absolute atomic E-state index is 13.4. The molecular formula is C23H23N5O. The van der Waals surface area contributed by atoms with E-state index in [4.69, 9.17) is 4.98 Å². The Morgan fingerprint density at radius 3 is 2.45 bits per heavy atom. The summed E-state index contributed by atoms with van der Waals surface area (Å²) < 4.78 is 1.72. The van der Waals surface area contributed by atoms with Crippen LogP contribution in [0.4, 0.5) is 11.4 Å². The third-order valence-electron chi connectivity index (χ3n) is 4.92. The van der Waals surface area contributed by atoms with Gasteiger partial charge >= 0.3 is 0 Å². The summed E-state index contributed by atoms with van der Waals surface area (Å²) in [6, 6.07) is 19.4. The molecule has 0 atom stereocenters. The second kappa shape index (κ2) is 7.39. The van der Waals surface area contributed by atoms with Gasteiger partial charge in [0.15, 0.2) is 5.65 Å². The number of aryl methyl sites for hydroxylation is 2. The first kappa shape index (κ1) is 18.7. The molecule has 0 spiro atoms. The first-order chi connectivity index (χ1) is 14.0. The number of pyridine rings is 1. The molecular weight excluding hydrogens is 362 g/mol. The largest absolute Gasteiger partial charge is 0.376 e. The number of rotatable bonds is 4. The topological polar surface area (TPSA) is 63.1 Å². The second-order valence-corrected chi connectivity index (χ2v) is 7.19. The van der Waals surface area contributed by atoms with Crippen molar-refractivity contribution in [3.05, 3.63) is 71.9 Å². The normalized spacial score (nSPS) is 10.9. The van der Waals surface area contributed by atoms with Gasteiger partial charge in [0.25, 0.3) is 5.91 Å². The molecule has 0 fully saturated rings. The predicted molar refractivity (Wildman–Crippen MR) is 117 cm³/mol. The number of amides is 1. The number of carbonyl (C=O) groups excluding carboxylic acids is 1. The molecule has 0 radical (unpaired) electrons. The van der Waals surface area contributed by atoms with Gasteiger partial charge in [-0.1, -0.05) is 42.5 Å². The van der Waals surface area contributed by atoms with E-state index in [0.717, 1.165) is 33.7 Å². The Kier molecular flexibility index (Phi) is 4.76. The fraction of sp³-hybridized carbons (Fsp3) is 0.174. The van der Waals surface area contributed by atoms with Crippen LogP contribution in [-0.4, -0.2) is 34.8 Å². The maximum Gasteiger partial charge on any atom is 0.256 e. The van der Waals surface area contributed by atoms with Crippen LogP contribution in [0.5, 0.6) is 0 Å². The lowest BCUT2D eigenvalue weighted by Gasteiger charge is -2.18. The Hall–Kier alpha value is -3.67. The van der Waals surface area contributed by atoms with Gasteiger partial charge in [-0.25, -0.2) is 4.98 Å². The van der Waals surface area contributed by atoms with E-state index in [1.165, 1.54) is 0 Å². The molecule has 1 N–H and O–H groups in total. The van der Waals surface area contributed by atoms with Crippen LogP contribution in [0.15, 0.2) is 60.7 Å². The molecule has 0 aliphatic carbocycles. The van der Waals surface area contributed by atoms with Gasteiger partial charge < -0.3 is 10.2 Å². The van der Waals surface area contributed by atoms with Crippen molar-refractivity contribution in [1.82, 2.24) is 14.8 Å². The zero-order chi connectivity index (χ0) is 20.5. The first-order valence-electron chi connectivity index (χ1n) is 9.43. The van der Waals surface area contributed by atoms with E-state index in [9.17, 15) is 4.79 Å². The molecule has 4 aromatic rings. The Morgan fingerprint density at radius 2 is 1.72 bits per heavy atom. The van der Waals surface area contributed by atoms with Crippen molar-refractivity contribution in [3.8, 4) is 11.3 Å². The lowest BCUT2D eigenvalue weighted by atomic mass is 10.0. The SMILES string of the molecule is Cc1nn(C)c2nc(-c3ccccc3)cc(C(=O)Nc3ccccc3N(C)C)c12. The van der Waals surface area contributed by atoms with Crippen LogP contribution < -0.4 is 10.2 Å². The molecule has 2 heterocycles. The molecule has 2 aromatic heterocycles. The summed E-state index contributed by atoms with van der Waals surface area (Å²) in [6.45, 7) is 1.90. The van der Waals surface area contributed by atoms with E-state index in [-0.39, 0.29) is 5.91 Å². The van der Waals surface area contributed by atoms with Crippen LogP contribution >= 0.6 is 0 Å². The van der Waals surface area contributed by atoms with Crippen molar-refractivity contribution in [1.29, 1.82) is 0 Å². The molecule has 0 aliphatic rings. The number of carbonyl (C=O) groups is 1. The standard InChI is InChI=1S/C23H23N5O/c1-15-21-17(23(29)25-18-12-8-9-13-20(18)27(2)3)14-19(16-10-6-5-7-11-16)24-22(21)28(4)26-15/h5-14H,1-4H3,(H,25,29). The minimum atomic E-state index is -0.181. The summed E-state index contributed by atoms with van der Waals surface area (Å²) in [5.74, 6) is -0.181.